The van der Waals surface area contributed by atoms with Gasteiger partial charge in [0.05, 0.1) is 19.4 Å². The molecule has 0 aliphatic rings. The van der Waals surface area contributed by atoms with Crippen LogP contribution in [0.2, 0.25) is 0 Å². The Morgan fingerprint density at radius 1 is 1.11 bits per heavy atom. The second kappa shape index (κ2) is 10.8. The van der Waals surface area contributed by atoms with E-state index in [1.807, 2.05) is 0 Å². The van der Waals surface area contributed by atoms with Gasteiger partial charge in [-0.25, -0.2) is 0 Å². The molecule has 0 atom stereocenters. The van der Waals surface area contributed by atoms with Crippen LogP contribution in [0.15, 0.2) is 48.5 Å². The Labute approximate surface area is 165 Å². The third kappa shape index (κ3) is 6.16. The zero-order valence-corrected chi connectivity index (χ0v) is 16.5. The van der Waals surface area contributed by atoms with E-state index >= 15 is 0 Å². The van der Waals surface area contributed by atoms with Crippen molar-refractivity contribution < 1.29 is 19.1 Å². The van der Waals surface area contributed by atoms with Gasteiger partial charge in [-0.1, -0.05) is 25.5 Å². The second-order valence-corrected chi connectivity index (χ2v) is 6.09. The molecule has 2 rings (SSSR count). The summed E-state index contributed by atoms with van der Waals surface area (Å²) in [4.78, 5) is 23.9. The zero-order chi connectivity index (χ0) is 20.4. The lowest BCUT2D eigenvalue weighted by molar-refractivity contribution is -0.111. The highest BCUT2D eigenvalue weighted by molar-refractivity contribution is 6.03. The lowest BCUT2D eigenvalue weighted by Crippen LogP contribution is -2.17. The second-order valence-electron chi connectivity index (χ2n) is 6.09. The SMILES string of the molecule is CCCCOc1ccc(OC)cc1NC(=O)/C=C/c1ccc(C(=O)NC)cc1. The van der Waals surface area contributed by atoms with Crippen molar-refractivity contribution >= 4 is 23.6 Å². The molecule has 0 radical (unpaired) electrons. The van der Waals surface area contributed by atoms with Gasteiger partial charge in [-0.2, -0.15) is 0 Å². The van der Waals surface area contributed by atoms with Crippen molar-refractivity contribution in [3.63, 3.8) is 0 Å². The number of amides is 2. The molecule has 6 nitrogen and oxygen atoms in total. The summed E-state index contributed by atoms with van der Waals surface area (Å²) < 4.78 is 11.0. The van der Waals surface area contributed by atoms with Crippen LogP contribution in [0, 0.1) is 0 Å². The van der Waals surface area contributed by atoms with Crippen molar-refractivity contribution in [2.45, 2.75) is 19.8 Å². The lowest BCUT2D eigenvalue weighted by Gasteiger charge is -2.13. The Hall–Kier alpha value is -3.28. The van der Waals surface area contributed by atoms with Gasteiger partial charge in [-0.05, 0) is 42.3 Å². The minimum absolute atomic E-state index is 0.151. The average Bonchev–Trinajstić information content (AvgIpc) is 2.73. The van der Waals surface area contributed by atoms with Crippen molar-refractivity contribution in [2.75, 3.05) is 26.1 Å². The summed E-state index contributed by atoms with van der Waals surface area (Å²) in [6.45, 7) is 2.67. The molecule has 0 aliphatic carbocycles. The van der Waals surface area contributed by atoms with Crippen molar-refractivity contribution in [1.82, 2.24) is 5.32 Å². The quantitative estimate of drug-likeness (QED) is 0.510. The molecule has 148 valence electrons. The number of hydrogen-bond acceptors (Lipinski definition) is 4. The molecule has 0 spiro atoms. The van der Waals surface area contributed by atoms with Gasteiger partial charge in [0.25, 0.3) is 5.91 Å². The van der Waals surface area contributed by atoms with Crippen LogP contribution in [0.25, 0.3) is 6.08 Å². The summed E-state index contributed by atoms with van der Waals surface area (Å²) in [5, 5.41) is 5.39. The van der Waals surface area contributed by atoms with Gasteiger partial charge >= 0.3 is 0 Å². The highest BCUT2D eigenvalue weighted by atomic mass is 16.5. The van der Waals surface area contributed by atoms with Gasteiger partial charge in [-0.15, -0.1) is 0 Å². The fourth-order valence-electron chi connectivity index (χ4n) is 2.42. The van der Waals surface area contributed by atoms with Crippen LogP contribution in [-0.2, 0) is 4.79 Å². The molecule has 6 heteroatoms. The first-order chi connectivity index (χ1) is 13.6. The number of carbonyl (C=O) groups excluding carboxylic acids is 2. The monoisotopic (exact) mass is 382 g/mol. The van der Waals surface area contributed by atoms with Crippen LogP contribution in [0.1, 0.15) is 35.7 Å². The van der Waals surface area contributed by atoms with E-state index in [4.69, 9.17) is 9.47 Å². The van der Waals surface area contributed by atoms with Crippen molar-refractivity contribution in [2.24, 2.45) is 0 Å². The van der Waals surface area contributed by atoms with Crippen LogP contribution in [0.4, 0.5) is 5.69 Å². The number of hydrogen-bond donors (Lipinski definition) is 2. The van der Waals surface area contributed by atoms with E-state index in [1.165, 1.54) is 6.08 Å². The van der Waals surface area contributed by atoms with Crippen LogP contribution < -0.4 is 20.1 Å². The molecular weight excluding hydrogens is 356 g/mol. The third-order valence-electron chi connectivity index (χ3n) is 4.03. The highest BCUT2D eigenvalue weighted by Gasteiger charge is 2.08. The summed E-state index contributed by atoms with van der Waals surface area (Å²) in [5.41, 5.74) is 1.93. The van der Waals surface area contributed by atoms with Gasteiger partial charge in [-0.3, -0.25) is 9.59 Å². The first-order valence-corrected chi connectivity index (χ1v) is 9.19. The summed E-state index contributed by atoms with van der Waals surface area (Å²) >= 11 is 0. The Morgan fingerprint density at radius 2 is 1.86 bits per heavy atom. The molecule has 0 saturated carbocycles. The highest BCUT2D eigenvalue weighted by Crippen LogP contribution is 2.29. The van der Waals surface area contributed by atoms with Crippen LogP contribution in [0.3, 0.4) is 0 Å². The molecule has 2 aromatic carbocycles. The molecular formula is C22H26N2O4. The minimum Gasteiger partial charge on any atom is -0.497 e. The Kier molecular flexibility index (Phi) is 8.09. The van der Waals surface area contributed by atoms with Crippen LogP contribution >= 0.6 is 0 Å². The molecule has 0 aliphatic heterocycles. The summed E-state index contributed by atoms with van der Waals surface area (Å²) in [5.74, 6) is 0.795. The normalized spacial score (nSPS) is 10.5. The van der Waals surface area contributed by atoms with Gasteiger partial charge in [0.2, 0.25) is 5.91 Å². The molecule has 0 unspecified atom stereocenters. The molecule has 0 fully saturated rings. The van der Waals surface area contributed by atoms with E-state index in [9.17, 15) is 9.59 Å². The molecule has 0 heterocycles. The molecule has 2 N–H and O–H groups in total. The number of rotatable bonds is 9. The summed E-state index contributed by atoms with van der Waals surface area (Å²) in [7, 11) is 3.15. The molecule has 2 aromatic rings. The van der Waals surface area contributed by atoms with E-state index in [0.29, 0.717) is 29.4 Å². The summed E-state index contributed by atoms with van der Waals surface area (Å²) in [6.07, 6.45) is 5.08. The smallest absolute Gasteiger partial charge is 0.251 e. The Morgan fingerprint density at radius 3 is 2.50 bits per heavy atom. The topological polar surface area (TPSA) is 76.7 Å². The first-order valence-electron chi connectivity index (χ1n) is 9.19. The predicted molar refractivity (Wildman–Crippen MR) is 111 cm³/mol. The van der Waals surface area contributed by atoms with Gasteiger partial charge in [0, 0.05) is 24.8 Å². The molecule has 0 saturated heterocycles. The van der Waals surface area contributed by atoms with Crippen molar-refractivity contribution in [3.8, 4) is 11.5 Å². The zero-order valence-electron chi connectivity index (χ0n) is 16.5. The van der Waals surface area contributed by atoms with Gasteiger partial charge in [0.1, 0.15) is 11.5 Å². The number of methoxy groups -OCH3 is 1. The first kappa shape index (κ1) is 21.0. The van der Waals surface area contributed by atoms with Crippen molar-refractivity contribution in [1.29, 1.82) is 0 Å². The van der Waals surface area contributed by atoms with Crippen LogP contribution in [0.5, 0.6) is 11.5 Å². The number of nitrogens with one attached hydrogen (secondary N) is 2. The fourth-order valence-corrected chi connectivity index (χ4v) is 2.42. The minimum atomic E-state index is -0.288. The number of unbranched alkanes of at least 4 members (excludes halogenated alkanes) is 1. The maximum absolute atomic E-state index is 12.3. The Balaban J connectivity index is 2.06. The van der Waals surface area contributed by atoms with E-state index in [1.54, 1.807) is 62.7 Å². The number of carbonyl (C=O) groups is 2. The standard InChI is InChI=1S/C22H26N2O4/c1-4-5-14-28-20-12-11-18(27-3)15-19(20)24-21(25)13-8-16-6-9-17(10-7-16)22(26)23-2/h6-13,15H,4-5,14H2,1-3H3,(H,23,26)(H,24,25)/b13-8+. The fraction of sp³-hybridized carbons (Fsp3) is 0.273. The van der Waals surface area contributed by atoms with Crippen molar-refractivity contribution in [3.05, 3.63) is 59.7 Å². The average molecular weight is 382 g/mol. The van der Waals surface area contributed by atoms with Gasteiger partial charge in [0.15, 0.2) is 0 Å². The van der Waals surface area contributed by atoms with E-state index in [2.05, 4.69) is 17.6 Å². The maximum atomic E-state index is 12.3. The molecule has 2 amide bonds. The molecule has 0 aromatic heterocycles. The molecule has 0 bridgehead atoms. The summed E-state index contributed by atoms with van der Waals surface area (Å²) in [6, 6.07) is 12.3. The largest absolute Gasteiger partial charge is 0.497 e. The van der Waals surface area contributed by atoms with E-state index in [0.717, 1.165) is 18.4 Å². The lowest BCUT2D eigenvalue weighted by atomic mass is 10.1. The van der Waals surface area contributed by atoms with E-state index in [-0.39, 0.29) is 11.8 Å². The molecule has 28 heavy (non-hydrogen) atoms. The predicted octanol–water partition coefficient (Wildman–Crippen LogP) is 3.89. The maximum Gasteiger partial charge on any atom is 0.251 e. The number of benzene rings is 2. The van der Waals surface area contributed by atoms with Gasteiger partial charge < -0.3 is 20.1 Å². The third-order valence-corrected chi connectivity index (χ3v) is 4.03. The number of anilines is 1. The van der Waals surface area contributed by atoms with Crippen LogP contribution in [-0.4, -0.2) is 32.6 Å². The Bertz CT molecular complexity index is 829. The van der Waals surface area contributed by atoms with E-state index < -0.39 is 0 Å². The number of ether oxygens (including phenoxy) is 2.